The maximum absolute atomic E-state index is 9.95. The Hall–Kier alpha value is -0.260. The fraction of sp³-hybridized carbons (Fsp3) is 0. The quantitative estimate of drug-likeness (QED) is 0.598. The molecular weight excluding hydrogens is 211 g/mol. The minimum atomic E-state index is -0.649. The Morgan fingerprint density at radius 2 is 2.43 bits per heavy atom. The van der Waals surface area contributed by atoms with Crippen molar-refractivity contribution in [2.75, 3.05) is 0 Å². The van der Waals surface area contributed by atoms with E-state index in [1.165, 1.54) is 6.26 Å². The molecule has 0 fully saturated rings. The summed E-state index contributed by atoms with van der Waals surface area (Å²) < 4.78 is 9.06. The van der Waals surface area contributed by atoms with Crippen LogP contribution in [-0.2, 0) is 0 Å². The van der Waals surface area contributed by atoms with Crippen LogP contribution in [0.25, 0.3) is 0 Å². The summed E-state index contributed by atoms with van der Waals surface area (Å²) in [4.78, 5) is 9.95. The number of hydrogen-bond donors (Lipinski definition) is 0. The van der Waals surface area contributed by atoms with E-state index in [1.54, 1.807) is 0 Å². The highest BCUT2D eigenvalue weighted by atomic mass is 127. The van der Waals surface area contributed by atoms with Crippen molar-refractivity contribution in [2.24, 2.45) is 0 Å². The molecule has 1 rings (SSSR count). The maximum atomic E-state index is 9.95. The maximum Gasteiger partial charge on any atom is 0.519 e. The number of hydrogen-bond acceptors (Lipinski definition) is 3. The number of halogens is 1. The van der Waals surface area contributed by atoms with Crippen LogP contribution < -0.4 is 5.82 Å². The molecule has 0 aliphatic rings. The first-order valence-electron chi connectivity index (χ1n) is 1.53. The van der Waals surface area contributed by atoms with Crippen LogP contribution in [0.1, 0.15) is 0 Å². The highest BCUT2D eigenvalue weighted by molar-refractivity contribution is 14.1. The first-order chi connectivity index (χ1) is 3.29. The lowest BCUT2D eigenvalue weighted by molar-refractivity contribution is 0.378. The molecule has 3 nitrogen and oxygen atoms in total. The fourth-order valence-corrected chi connectivity index (χ4v) is 0.529. The van der Waals surface area contributed by atoms with Crippen molar-refractivity contribution in [3.63, 3.8) is 0 Å². The van der Waals surface area contributed by atoms with Gasteiger partial charge in [-0.25, -0.2) is 4.79 Å². The van der Waals surface area contributed by atoms with Crippen molar-refractivity contribution in [1.82, 2.24) is 0 Å². The van der Waals surface area contributed by atoms with Crippen LogP contribution >= 0.6 is 22.6 Å². The molecule has 0 bridgehead atoms. The number of rotatable bonds is 0. The van der Waals surface area contributed by atoms with Gasteiger partial charge >= 0.3 is 5.82 Å². The molecule has 0 saturated carbocycles. The molecule has 4 heteroatoms. The summed E-state index contributed by atoms with van der Waals surface area (Å²) in [5.74, 6) is -0.649. The predicted molar refractivity (Wildman–Crippen MR) is 30.0 cm³/mol. The third-order valence-electron chi connectivity index (χ3n) is 0.429. The van der Waals surface area contributed by atoms with Crippen molar-refractivity contribution < 1.29 is 8.83 Å². The summed E-state index contributed by atoms with van der Waals surface area (Å²) in [6, 6.07) is 0. The third kappa shape index (κ3) is 1.05. The van der Waals surface area contributed by atoms with Gasteiger partial charge in [0.05, 0.1) is 0 Å². The zero-order valence-electron chi connectivity index (χ0n) is 3.18. The van der Waals surface area contributed by atoms with E-state index in [0.29, 0.717) is 3.77 Å². The van der Waals surface area contributed by atoms with Gasteiger partial charge in [0.25, 0.3) is 0 Å². The third-order valence-corrected chi connectivity index (χ3v) is 0.903. The Balaban J connectivity index is 3.30. The lowest BCUT2D eigenvalue weighted by Gasteiger charge is -1.60. The average molecular weight is 212 g/mol. The van der Waals surface area contributed by atoms with Crippen LogP contribution in [-0.4, -0.2) is 0 Å². The minimum absolute atomic E-state index is 0.475. The Labute approximate surface area is 52.5 Å². The summed E-state index contributed by atoms with van der Waals surface area (Å²) >= 11 is 1.84. The second kappa shape index (κ2) is 1.69. The highest BCUT2D eigenvalue weighted by Crippen LogP contribution is 1.97. The van der Waals surface area contributed by atoms with Crippen molar-refractivity contribution in [3.05, 3.63) is 20.6 Å². The van der Waals surface area contributed by atoms with Gasteiger partial charge in [0.2, 0.25) is 3.77 Å². The molecule has 0 aromatic carbocycles. The van der Waals surface area contributed by atoms with E-state index in [1.807, 2.05) is 22.6 Å². The van der Waals surface area contributed by atoms with Gasteiger partial charge in [0, 0.05) is 22.6 Å². The molecule has 1 aromatic heterocycles. The van der Waals surface area contributed by atoms with Gasteiger partial charge in [-0.1, -0.05) is 0 Å². The monoisotopic (exact) mass is 212 g/mol. The summed E-state index contributed by atoms with van der Waals surface area (Å²) in [6.07, 6.45) is 1.25. The fourth-order valence-electron chi connectivity index (χ4n) is 0.222. The molecule has 0 aliphatic carbocycles. The van der Waals surface area contributed by atoms with Crippen LogP contribution in [0, 0.1) is 3.77 Å². The van der Waals surface area contributed by atoms with Crippen LogP contribution in [0.4, 0.5) is 0 Å². The SMILES string of the molecule is O=c1occ(I)o1. The molecule has 0 aliphatic heterocycles. The van der Waals surface area contributed by atoms with Gasteiger partial charge in [0.1, 0.15) is 6.26 Å². The summed E-state index contributed by atoms with van der Waals surface area (Å²) in [5.41, 5.74) is 0. The van der Waals surface area contributed by atoms with Gasteiger partial charge < -0.3 is 8.83 Å². The molecule has 1 heterocycles. The molecule has 0 saturated heterocycles. The Morgan fingerprint density at radius 1 is 1.71 bits per heavy atom. The van der Waals surface area contributed by atoms with Crippen LogP contribution in [0.3, 0.4) is 0 Å². The zero-order chi connectivity index (χ0) is 5.28. The van der Waals surface area contributed by atoms with Gasteiger partial charge in [-0.15, -0.1) is 0 Å². The second-order valence-electron chi connectivity index (χ2n) is 0.892. The lowest BCUT2D eigenvalue weighted by Crippen LogP contribution is -1.84. The van der Waals surface area contributed by atoms with Crippen molar-refractivity contribution >= 4 is 22.6 Å². The minimum Gasteiger partial charge on any atom is -0.398 e. The predicted octanol–water partition coefficient (Wildman–Crippen LogP) is 0.837. The molecule has 0 N–H and O–H groups in total. The Kier molecular flexibility index (Phi) is 1.18. The summed E-state index contributed by atoms with van der Waals surface area (Å²) in [7, 11) is 0. The van der Waals surface area contributed by atoms with E-state index in [9.17, 15) is 4.79 Å². The van der Waals surface area contributed by atoms with Crippen LogP contribution in [0.2, 0.25) is 0 Å². The smallest absolute Gasteiger partial charge is 0.398 e. The van der Waals surface area contributed by atoms with Gasteiger partial charge in [-0.3, -0.25) is 0 Å². The van der Waals surface area contributed by atoms with Gasteiger partial charge in [-0.05, 0) is 0 Å². The van der Waals surface area contributed by atoms with E-state index in [-0.39, 0.29) is 0 Å². The Morgan fingerprint density at radius 3 is 2.57 bits per heavy atom. The standard InChI is InChI=1S/C3HIO3/c4-2-1-6-3(5)7-2/h1H. The summed E-state index contributed by atoms with van der Waals surface area (Å²) in [5, 5.41) is 0. The van der Waals surface area contributed by atoms with E-state index < -0.39 is 5.82 Å². The first kappa shape index (κ1) is 4.89. The van der Waals surface area contributed by atoms with E-state index in [2.05, 4.69) is 8.83 Å². The molecule has 0 spiro atoms. The van der Waals surface area contributed by atoms with Crippen LogP contribution in [0.5, 0.6) is 0 Å². The van der Waals surface area contributed by atoms with E-state index in [0.717, 1.165) is 0 Å². The molecule has 38 valence electrons. The average Bonchev–Trinajstić information content (AvgIpc) is 1.87. The van der Waals surface area contributed by atoms with Crippen molar-refractivity contribution in [1.29, 1.82) is 0 Å². The summed E-state index contributed by atoms with van der Waals surface area (Å²) in [6.45, 7) is 0. The molecule has 0 amide bonds. The zero-order valence-corrected chi connectivity index (χ0v) is 5.34. The normalized spacial score (nSPS) is 9.29. The second-order valence-corrected chi connectivity index (χ2v) is 1.96. The highest BCUT2D eigenvalue weighted by Gasteiger charge is 1.90. The topological polar surface area (TPSA) is 43.4 Å². The first-order valence-corrected chi connectivity index (χ1v) is 2.61. The van der Waals surface area contributed by atoms with Crippen molar-refractivity contribution in [3.8, 4) is 0 Å². The largest absolute Gasteiger partial charge is 0.519 e. The Bertz CT molecular complexity index is 198. The van der Waals surface area contributed by atoms with Gasteiger partial charge in [-0.2, -0.15) is 0 Å². The molecule has 1 aromatic rings. The van der Waals surface area contributed by atoms with Gasteiger partial charge in [0.15, 0.2) is 0 Å². The van der Waals surface area contributed by atoms with E-state index >= 15 is 0 Å². The molecule has 0 atom stereocenters. The van der Waals surface area contributed by atoms with Crippen molar-refractivity contribution in [2.45, 2.75) is 0 Å². The molecular formula is C3HIO3. The molecule has 0 radical (unpaired) electrons. The lowest BCUT2D eigenvalue weighted by atomic mass is 11.1. The van der Waals surface area contributed by atoms with E-state index in [4.69, 9.17) is 0 Å². The molecule has 0 unspecified atom stereocenters. The molecule has 7 heavy (non-hydrogen) atoms. The van der Waals surface area contributed by atoms with Crippen LogP contribution in [0.15, 0.2) is 19.9 Å².